The van der Waals surface area contributed by atoms with Gasteiger partial charge in [0.15, 0.2) is 0 Å². The highest BCUT2D eigenvalue weighted by Crippen LogP contribution is 2.16. The highest BCUT2D eigenvalue weighted by molar-refractivity contribution is 5.76. The summed E-state index contributed by atoms with van der Waals surface area (Å²) in [4.78, 5) is 24.4. The smallest absolute Gasteiger partial charge is 0.305 e. The van der Waals surface area contributed by atoms with E-state index in [0.29, 0.717) is 19.4 Å². The Labute approximate surface area is 349 Å². The second kappa shape index (κ2) is 46.3. The first-order valence-electron chi connectivity index (χ1n) is 25.0. The van der Waals surface area contributed by atoms with Gasteiger partial charge in [0.2, 0.25) is 5.91 Å². The maximum Gasteiger partial charge on any atom is 0.305 e. The van der Waals surface area contributed by atoms with Crippen LogP contribution in [0.3, 0.4) is 0 Å². The van der Waals surface area contributed by atoms with Crippen LogP contribution in [0.25, 0.3) is 0 Å². The molecule has 0 saturated carbocycles. The molecule has 0 fully saturated rings. The quantitative estimate of drug-likeness (QED) is 0.0324. The van der Waals surface area contributed by atoms with E-state index < -0.39 is 12.1 Å². The Morgan fingerprint density at radius 3 is 1.21 bits per heavy atom. The van der Waals surface area contributed by atoms with Gasteiger partial charge >= 0.3 is 5.97 Å². The van der Waals surface area contributed by atoms with E-state index >= 15 is 0 Å². The summed E-state index contributed by atoms with van der Waals surface area (Å²) in [5.74, 6) is -0.108. The van der Waals surface area contributed by atoms with E-state index in [0.717, 1.165) is 57.8 Å². The molecule has 6 nitrogen and oxygen atoms in total. The zero-order valence-corrected chi connectivity index (χ0v) is 37.6. The second-order valence-corrected chi connectivity index (χ2v) is 17.2. The van der Waals surface area contributed by atoms with Crippen molar-refractivity contribution in [2.45, 2.75) is 283 Å². The van der Waals surface area contributed by atoms with E-state index in [1.165, 1.54) is 186 Å². The Morgan fingerprint density at radius 2 is 0.821 bits per heavy atom. The third-order valence-electron chi connectivity index (χ3n) is 11.6. The van der Waals surface area contributed by atoms with Gasteiger partial charge in [0.1, 0.15) is 0 Å². The summed E-state index contributed by atoms with van der Waals surface area (Å²) >= 11 is 0. The molecule has 3 N–H and O–H groups in total. The van der Waals surface area contributed by atoms with Crippen LogP contribution < -0.4 is 5.32 Å². The van der Waals surface area contributed by atoms with E-state index in [1.807, 2.05) is 6.08 Å². The predicted octanol–water partition coefficient (Wildman–Crippen LogP) is 14.6. The maximum atomic E-state index is 12.4. The maximum absolute atomic E-state index is 12.4. The summed E-state index contributed by atoms with van der Waals surface area (Å²) in [6, 6.07) is -0.642. The number of hydrogen-bond acceptors (Lipinski definition) is 5. The molecule has 0 rings (SSSR count). The molecule has 0 aromatic rings. The van der Waals surface area contributed by atoms with E-state index in [9.17, 15) is 19.8 Å². The Bertz CT molecular complexity index is 832. The Kier molecular flexibility index (Phi) is 45.1. The largest absolute Gasteiger partial charge is 0.466 e. The highest BCUT2D eigenvalue weighted by Gasteiger charge is 2.18. The number of hydrogen-bond donors (Lipinski definition) is 3. The van der Waals surface area contributed by atoms with Crippen LogP contribution in [0.4, 0.5) is 0 Å². The van der Waals surface area contributed by atoms with Crippen molar-refractivity contribution in [2.75, 3.05) is 13.2 Å². The normalized spacial score (nSPS) is 12.7. The molecule has 0 radical (unpaired) electrons. The van der Waals surface area contributed by atoms with Crippen LogP contribution in [-0.4, -0.2) is 47.4 Å². The summed E-state index contributed by atoms with van der Waals surface area (Å²) in [6.07, 6.45) is 52.0. The van der Waals surface area contributed by atoms with E-state index in [-0.39, 0.29) is 18.5 Å². The summed E-state index contributed by atoms with van der Waals surface area (Å²) in [6.45, 7) is 4.85. The lowest BCUT2D eigenvalue weighted by molar-refractivity contribution is -0.143. The molecule has 0 spiro atoms. The lowest BCUT2D eigenvalue weighted by Gasteiger charge is -2.20. The third-order valence-corrected chi connectivity index (χ3v) is 11.6. The summed E-state index contributed by atoms with van der Waals surface area (Å²) in [7, 11) is 0. The van der Waals surface area contributed by atoms with Crippen molar-refractivity contribution in [2.24, 2.45) is 0 Å². The molecule has 0 aliphatic carbocycles. The number of carbonyl (C=O) groups is 2. The molecule has 0 aromatic carbocycles. The lowest BCUT2D eigenvalue weighted by atomic mass is 10.0. The van der Waals surface area contributed by atoms with Crippen LogP contribution in [0.15, 0.2) is 12.2 Å². The number of rotatable bonds is 46. The van der Waals surface area contributed by atoms with E-state index in [4.69, 9.17) is 4.74 Å². The molecule has 0 heterocycles. The van der Waals surface area contributed by atoms with Gasteiger partial charge in [-0.05, 0) is 32.1 Å². The molecule has 0 bridgehead atoms. The number of ether oxygens (including phenoxy) is 1. The van der Waals surface area contributed by atoms with Gasteiger partial charge in [0.05, 0.1) is 25.4 Å². The molecule has 56 heavy (non-hydrogen) atoms. The third kappa shape index (κ3) is 42.2. The minimum absolute atomic E-state index is 0.0180. The first-order valence-corrected chi connectivity index (χ1v) is 25.0. The van der Waals surface area contributed by atoms with Crippen LogP contribution in [-0.2, 0) is 14.3 Å². The Morgan fingerprint density at radius 1 is 0.482 bits per heavy atom. The zero-order valence-electron chi connectivity index (χ0n) is 37.6. The van der Waals surface area contributed by atoms with E-state index in [2.05, 4.69) is 19.2 Å². The van der Waals surface area contributed by atoms with Crippen molar-refractivity contribution < 1.29 is 24.5 Å². The van der Waals surface area contributed by atoms with Crippen molar-refractivity contribution in [3.63, 3.8) is 0 Å². The minimum atomic E-state index is -0.857. The van der Waals surface area contributed by atoms with Crippen LogP contribution >= 0.6 is 0 Å². The topological polar surface area (TPSA) is 95.9 Å². The Balaban J connectivity index is 3.50. The van der Waals surface area contributed by atoms with Gasteiger partial charge < -0.3 is 20.3 Å². The average Bonchev–Trinajstić information content (AvgIpc) is 3.20. The van der Waals surface area contributed by atoms with Gasteiger partial charge in [0, 0.05) is 12.8 Å². The molecule has 2 unspecified atom stereocenters. The standard InChI is InChI=1S/C50H97NO5/c1-3-5-7-9-11-13-15-17-19-21-23-28-32-36-40-44-50(55)56-45-41-37-33-29-25-24-27-31-35-39-43-49(54)51-47(46-52)48(53)42-38-34-30-26-22-20-18-16-14-12-10-8-6-4-2/h38,42,47-48,52-53H,3-37,39-41,43-46H2,1-2H3,(H,51,54)/b42-38+. The molecule has 2 atom stereocenters. The molecule has 332 valence electrons. The predicted molar refractivity (Wildman–Crippen MR) is 241 cm³/mol. The minimum Gasteiger partial charge on any atom is -0.466 e. The fraction of sp³-hybridized carbons (Fsp3) is 0.920. The molecular weight excluding hydrogens is 695 g/mol. The van der Waals surface area contributed by atoms with Crippen LogP contribution in [0.5, 0.6) is 0 Å². The fourth-order valence-electron chi connectivity index (χ4n) is 7.69. The van der Waals surface area contributed by atoms with Crippen molar-refractivity contribution >= 4 is 11.9 Å². The van der Waals surface area contributed by atoms with Crippen molar-refractivity contribution in [1.82, 2.24) is 5.32 Å². The molecule has 0 aromatic heterocycles. The van der Waals surface area contributed by atoms with Gasteiger partial charge in [-0.3, -0.25) is 9.59 Å². The monoisotopic (exact) mass is 792 g/mol. The summed E-state index contributed by atoms with van der Waals surface area (Å²) in [5, 5.41) is 23.0. The fourth-order valence-corrected chi connectivity index (χ4v) is 7.69. The van der Waals surface area contributed by atoms with Gasteiger partial charge in [-0.25, -0.2) is 0 Å². The summed E-state index contributed by atoms with van der Waals surface area (Å²) in [5.41, 5.74) is 0. The van der Waals surface area contributed by atoms with Crippen LogP contribution in [0, 0.1) is 0 Å². The number of carbonyl (C=O) groups excluding carboxylic acids is 2. The number of aliphatic hydroxyl groups is 2. The van der Waals surface area contributed by atoms with E-state index in [1.54, 1.807) is 6.08 Å². The van der Waals surface area contributed by atoms with Gasteiger partial charge in [-0.15, -0.1) is 0 Å². The van der Waals surface area contributed by atoms with Crippen LogP contribution in [0.1, 0.15) is 271 Å². The molecule has 0 aliphatic rings. The number of allylic oxidation sites excluding steroid dienone is 1. The van der Waals surface area contributed by atoms with Gasteiger partial charge in [-0.2, -0.15) is 0 Å². The molecule has 0 aliphatic heterocycles. The summed E-state index contributed by atoms with van der Waals surface area (Å²) < 4.78 is 5.45. The highest BCUT2D eigenvalue weighted by atomic mass is 16.5. The number of nitrogens with one attached hydrogen (secondary N) is 1. The van der Waals surface area contributed by atoms with Crippen molar-refractivity contribution in [3.05, 3.63) is 12.2 Å². The number of aliphatic hydroxyl groups excluding tert-OH is 2. The lowest BCUT2D eigenvalue weighted by Crippen LogP contribution is -2.45. The first-order chi connectivity index (χ1) is 27.5. The number of esters is 1. The number of amides is 1. The number of unbranched alkanes of at least 4 members (excludes halogenated alkanes) is 35. The van der Waals surface area contributed by atoms with Gasteiger partial charge in [-0.1, -0.05) is 238 Å². The molecule has 0 saturated heterocycles. The SMILES string of the molecule is CCCCCCCCCCCCCC/C=C/C(O)C(CO)NC(=O)CCCCCCCCCCCCOC(=O)CCCCCCCCCCCCCCCCC. The van der Waals surface area contributed by atoms with Gasteiger partial charge in [0.25, 0.3) is 0 Å². The first kappa shape index (κ1) is 54.6. The average molecular weight is 792 g/mol. The second-order valence-electron chi connectivity index (χ2n) is 17.2. The van der Waals surface area contributed by atoms with Crippen LogP contribution in [0.2, 0.25) is 0 Å². The zero-order chi connectivity index (χ0) is 40.8. The van der Waals surface area contributed by atoms with Crippen molar-refractivity contribution in [1.29, 1.82) is 0 Å². The molecular formula is C50H97NO5. The van der Waals surface area contributed by atoms with Crippen molar-refractivity contribution in [3.8, 4) is 0 Å². The molecule has 6 heteroatoms. The molecule has 1 amide bonds. The Hall–Kier alpha value is -1.40.